The van der Waals surface area contributed by atoms with Gasteiger partial charge < -0.3 is 5.73 Å². The van der Waals surface area contributed by atoms with E-state index < -0.39 is 43.7 Å². The van der Waals surface area contributed by atoms with Gasteiger partial charge >= 0.3 is 0 Å². The van der Waals surface area contributed by atoms with Gasteiger partial charge in [0.15, 0.2) is 11.6 Å². The smallest absolute Gasteiger partial charge is 0.278 e. The average molecular weight is 499 g/mol. The molecule has 0 aliphatic carbocycles. The maximum Gasteiger partial charge on any atom is 0.278 e. The lowest BCUT2D eigenvalue weighted by molar-refractivity contribution is 0.170. The second kappa shape index (κ2) is 9.55. The summed E-state index contributed by atoms with van der Waals surface area (Å²) in [7, 11) is -4.73. The second-order valence-corrected chi connectivity index (χ2v) is 12.6. The molecular formula is C19H29F3N4O4S2. The van der Waals surface area contributed by atoms with Crippen LogP contribution in [0, 0.1) is 23.4 Å². The molecule has 0 radical (unpaired) electrons. The normalized spacial score (nSPS) is 25.4. The number of nitrogens with two attached hydrogens (primary N) is 1. The van der Waals surface area contributed by atoms with Gasteiger partial charge in [-0.3, -0.25) is 0 Å². The van der Waals surface area contributed by atoms with Crippen LogP contribution in [-0.2, 0) is 26.7 Å². The molecule has 13 heteroatoms. The summed E-state index contributed by atoms with van der Waals surface area (Å²) in [6.07, 6.45) is 2.30. The largest absolute Gasteiger partial charge is 0.327 e. The van der Waals surface area contributed by atoms with Crippen molar-refractivity contribution in [1.29, 1.82) is 0 Å². The molecule has 3 rings (SSSR count). The lowest BCUT2D eigenvalue weighted by atomic mass is 9.83. The molecule has 1 unspecified atom stereocenters. The molecule has 2 bridgehead atoms. The molecular weight excluding hydrogens is 469 g/mol. The maximum atomic E-state index is 14.0. The fourth-order valence-corrected chi connectivity index (χ4v) is 7.26. The highest BCUT2D eigenvalue weighted by molar-refractivity contribution is 7.89. The third-order valence-corrected chi connectivity index (χ3v) is 9.79. The van der Waals surface area contributed by atoms with E-state index >= 15 is 0 Å². The van der Waals surface area contributed by atoms with Crippen LogP contribution in [-0.4, -0.2) is 70.0 Å². The number of benzene rings is 1. The van der Waals surface area contributed by atoms with E-state index in [1.54, 1.807) is 0 Å². The Bertz CT molecular complexity index is 1040. The number of hydrogen-bond donors (Lipinski definition) is 2. The second-order valence-electron chi connectivity index (χ2n) is 8.67. The fraction of sp³-hybridized carbons (Fsp3) is 0.684. The van der Waals surface area contributed by atoms with E-state index in [-0.39, 0.29) is 42.3 Å². The molecule has 4 atom stereocenters. The van der Waals surface area contributed by atoms with E-state index in [4.69, 9.17) is 5.73 Å². The minimum Gasteiger partial charge on any atom is -0.327 e. The van der Waals surface area contributed by atoms with Gasteiger partial charge in [0.05, 0.1) is 5.75 Å². The number of hydrogen-bond acceptors (Lipinski definition) is 5. The van der Waals surface area contributed by atoms with E-state index in [0.29, 0.717) is 31.7 Å². The van der Waals surface area contributed by atoms with E-state index in [2.05, 4.69) is 4.72 Å². The van der Waals surface area contributed by atoms with Gasteiger partial charge in [-0.1, -0.05) is 0 Å². The van der Waals surface area contributed by atoms with Crippen LogP contribution in [0.1, 0.15) is 31.2 Å². The van der Waals surface area contributed by atoms with Crippen LogP contribution in [0.2, 0.25) is 0 Å². The Morgan fingerprint density at radius 3 is 2.19 bits per heavy atom. The number of rotatable bonds is 9. The zero-order valence-corrected chi connectivity index (χ0v) is 19.6. The molecule has 2 aliphatic rings. The summed E-state index contributed by atoms with van der Waals surface area (Å²) in [4.78, 5) is 0. The minimum atomic E-state index is -3.72. The van der Waals surface area contributed by atoms with Crippen LogP contribution in [0.3, 0.4) is 0 Å². The van der Waals surface area contributed by atoms with Crippen molar-refractivity contribution in [2.75, 3.05) is 26.4 Å². The van der Waals surface area contributed by atoms with Crippen molar-refractivity contribution in [3.63, 3.8) is 0 Å². The molecule has 3 N–H and O–H groups in total. The van der Waals surface area contributed by atoms with Gasteiger partial charge in [-0.15, -0.1) is 0 Å². The van der Waals surface area contributed by atoms with Gasteiger partial charge in [-0.2, -0.15) is 17.0 Å². The van der Waals surface area contributed by atoms with Crippen LogP contribution in [0.15, 0.2) is 12.1 Å². The summed E-state index contributed by atoms with van der Waals surface area (Å²) in [5.74, 6) is -3.71. The van der Waals surface area contributed by atoms with Crippen molar-refractivity contribution >= 4 is 20.2 Å². The Kier molecular flexibility index (Phi) is 7.57. The van der Waals surface area contributed by atoms with E-state index in [9.17, 15) is 30.0 Å². The minimum absolute atomic E-state index is 0.00743. The number of fused-ring (bicyclic) bond motifs is 2. The molecule has 0 saturated carbocycles. The summed E-state index contributed by atoms with van der Waals surface area (Å²) in [6, 6.07) is 0.244. The Labute approximate surface area is 187 Å². The molecule has 182 valence electrons. The summed E-state index contributed by atoms with van der Waals surface area (Å²) in [5.41, 5.74) is 6.26. The van der Waals surface area contributed by atoms with Crippen molar-refractivity contribution in [3.05, 3.63) is 35.1 Å². The number of nitrogens with zero attached hydrogens (tertiary/aromatic N) is 2. The predicted molar refractivity (Wildman–Crippen MR) is 114 cm³/mol. The van der Waals surface area contributed by atoms with Gasteiger partial charge in [0, 0.05) is 44.8 Å². The summed E-state index contributed by atoms with van der Waals surface area (Å²) < 4.78 is 94.7. The van der Waals surface area contributed by atoms with Crippen LogP contribution in [0.25, 0.3) is 0 Å². The lowest BCUT2D eigenvalue weighted by Crippen LogP contribution is -2.51. The first kappa shape index (κ1) is 25.4. The quantitative estimate of drug-likeness (QED) is 0.492. The molecule has 0 amide bonds. The predicted octanol–water partition coefficient (Wildman–Crippen LogP) is 0.943. The summed E-state index contributed by atoms with van der Waals surface area (Å²) in [5, 5.41) is 0. The molecule has 2 fully saturated rings. The molecule has 2 heterocycles. The monoisotopic (exact) mass is 498 g/mol. The van der Waals surface area contributed by atoms with Crippen molar-refractivity contribution < 1.29 is 30.0 Å². The molecule has 2 saturated heterocycles. The fourth-order valence-electron chi connectivity index (χ4n) is 4.65. The number of piperidine rings is 1. The Hall–Kier alpha value is -1.25. The van der Waals surface area contributed by atoms with E-state index in [1.165, 1.54) is 18.4 Å². The maximum absolute atomic E-state index is 14.0. The highest BCUT2D eigenvalue weighted by atomic mass is 32.2. The first-order valence-corrected chi connectivity index (χ1v) is 13.4. The van der Waals surface area contributed by atoms with Crippen molar-refractivity contribution in [3.8, 4) is 0 Å². The van der Waals surface area contributed by atoms with Crippen LogP contribution in [0.4, 0.5) is 13.2 Å². The number of nitrogens with one attached hydrogen (secondary N) is 1. The Balaban J connectivity index is 1.63. The Morgan fingerprint density at radius 1 is 1.06 bits per heavy atom. The Morgan fingerprint density at radius 2 is 1.62 bits per heavy atom. The van der Waals surface area contributed by atoms with Gasteiger partial charge in [-0.25, -0.2) is 26.3 Å². The zero-order chi connectivity index (χ0) is 23.8. The highest BCUT2D eigenvalue weighted by Crippen LogP contribution is 2.42. The van der Waals surface area contributed by atoms with Crippen molar-refractivity contribution in [2.45, 2.75) is 50.2 Å². The van der Waals surface area contributed by atoms with E-state index in [1.807, 2.05) is 0 Å². The van der Waals surface area contributed by atoms with Crippen LogP contribution < -0.4 is 10.5 Å². The van der Waals surface area contributed by atoms with E-state index in [0.717, 1.165) is 10.4 Å². The first-order chi connectivity index (χ1) is 14.8. The SMILES string of the molecule is CN(C)S(=O)(=O)NCCS(=O)(=O)N1[C@@H]2CC[C@H]1C[C@H](C(N)Cc1cc(F)c(F)cc1F)C2. The highest BCUT2D eigenvalue weighted by Gasteiger charge is 2.47. The third kappa shape index (κ3) is 5.45. The molecule has 1 aromatic carbocycles. The first-order valence-electron chi connectivity index (χ1n) is 10.4. The van der Waals surface area contributed by atoms with Gasteiger partial charge in [-0.05, 0) is 49.7 Å². The summed E-state index contributed by atoms with van der Waals surface area (Å²) >= 11 is 0. The van der Waals surface area contributed by atoms with Crippen LogP contribution in [0.5, 0.6) is 0 Å². The average Bonchev–Trinajstić information content (AvgIpc) is 2.97. The van der Waals surface area contributed by atoms with Crippen LogP contribution >= 0.6 is 0 Å². The molecule has 2 aliphatic heterocycles. The molecule has 1 aromatic rings. The molecule has 32 heavy (non-hydrogen) atoms. The number of halogens is 3. The van der Waals surface area contributed by atoms with Gasteiger partial charge in [0.2, 0.25) is 10.0 Å². The molecule has 0 spiro atoms. The lowest BCUT2D eigenvalue weighted by Gasteiger charge is -2.40. The number of sulfonamides is 1. The zero-order valence-electron chi connectivity index (χ0n) is 18.0. The van der Waals surface area contributed by atoms with Gasteiger partial charge in [0.25, 0.3) is 10.2 Å². The molecule has 8 nitrogen and oxygen atoms in total. The van der Waals surface area contributed by atoms with Crippen molar-refractivity contribution in [2.24, 2.45) is 11.7 Å². The summed E-state index contributed by atoms with van der Waals surface area (Å²) in [6.45, 7) is -0.239. The van der Waals surface area contributed by atoms with Crippen molar-refractivity contribution in [1.82, 2.24) is 13.3 Å². The third-order valence-electron chi connectivity index (χ3n) is 6.30. The van der Waals surface area contributed by atoms with Gasteiger partial charge in [0.1, 0.15) is 5.82 Å². The standard InChI is InChI=1S/C19H29F3N4O4S2/c1-25(2)32(29,30)24-5-6-31(27,28)26-14-3-4-15(26)8-13(7-14)19(23)10-12-9-17(21)18(22)11-16(12)20/h9,11,13-15,19,24H,3-8,10,23H2,1-2H3/t13-,14-,15+,19?. The molecule has 0 aromatic heterocycles. The topological polar surface area (TPSA) is 113 Å².